The molecule has 26 heavy (non-hydrogen) atoms. The topological polar surface area (TPSA) is 61.0 Å². The molecule has 138 valence electrons. The van der Waals surface area contributed by atoms with Crippen molar-refractivity contribution in [3.63, 3.8) is 0 Å². The largest absolute Gasteiger partial charge is 0.348 e. The predicted octanol–water partition coefficient (Wildman–Crippen LogP) is 3.30. The van der Waals surface area contributed by atoms with Gasteiger partial charge in [-0.05, 0) is 38.2 Å². The summed E-state index contributed by atoms with van der Waals surface area (Å²) in [4.78, 5) is 14.8. The number of hydrogen-bond acceptors (Lipinski definition) is 3. The molecule has 2 fully saturated rings. The van der Waals surface area contributed by atoms with E-state index in [4.69, 9.17) is 11.6 Å². The van der Waals surface area contributed by atoms with E-state index in [1.807, 2.05) is 0 Å². The zero-order valence-corrected chi connectivity index (χ0v) is 15.9. The Hall–Kier alpha value is -1.85. The molecule has 0 unspecified atom stereocenters. The van der Waals surface area contributed by atoms with Crippen molar-refractivity contribution in [1.29, 1.82) is 0 Å². The monoisotopic (exact) mass is 372 g/mol. The number of nitrogens with one attached hydrogen (secondary N) is 2. The molecule has 4 rings (SSSR count). The second kappa shape index (κ2) is 7.05. The molecule has 2 heterocycles. The molecule has 1 aromatic carbocycles. The van der Waals surface area contributed by atoms with Crippen LogP contribution in [-0.4, -0.2) is 46.7 Å². The van der Waals surface area contributed by atoms with Crippen molar-refractivity contribution in [2.45, 2.75) is 44.1 Å². The number of carbonyl (C=O) groups excluding carboxylic acids is 1. The van der Waals surface area contributed by atoms with Gasteiger partial charge >= 0.3 is 0 Å². The summed E-state index contributed by atoms with van der Waals surface area (Å²) in [6.07, 6.45) is 5.97. The summed E-state index contributed by atoms with van der Waals surface area (Å²) in [7, 11) is 0. The molecule has 1 aromatic heterocycles. The maximum absolute atomic E-state index is 12.2. The van der Waals surface area contributed by atoms with Gasteiger partial charge in [-0.1, -0.05) is 41.4 Å². The Kier molecular flexibility index (Phi) is 4.76. The van der Waals surface area contributed by atoms with Gasteiger partial charge in [0.2, 0.25) is 0 Å². The highest BCUT2D eigenvalue weighted by molar-refractivity contribution is 6.33. The Morgan fingerprint density at radius 3 is 2.58 bits per heavy atom. The molecule has 1 aliphatic carbocycles. The van der Waals surface area contributed by atoms with Gasteiger partial charge in [0.05, 0.1) is 11.2 Å². The maximum atomic E-state index is 12.2. The van der Waals surface area contributed by atoms with Crippen molar-refractivity contribution in [2.75, 3.05) is 19.6 Å². The Labute approximate surface area is 159 Å². The SMILES string of the molecule is Cc1ccc(C2(CN3CCC(NC(=O)c4[nH]ncc4Cl)CC3)CC2)cc1. The quantitative estimate of drug-likeness (QED) is 0.846. The van der Waals surface area contributed by atoms with Crippen LogP contribution in [0.4, 0.5) is 0 Å². The molecule has 2 aromatic rings. The summed E-state index contributed by atoms with van der Waals surface area (Å²) in [5, 5.41) is 9.91. The van der Waals surface area contributed by atoms with Gasteiger partial charge in [0.15, 0.2) is 0 Å². The number of rotatable bonds is 5. The molecule has 5 nitrogen and oxygen atoms in total. The Balaban J connectivity index is 1.29. The van der Waals surface area contributed by atoms with Crippen LogP contribution >= 0.6 is 11.6 Å². The number of benzene rings is 1. The molecule has 0 spiro atoms. The Morgan fingerprint density at radius 2 is 2.00 bits per heavy atom. The first-order valence-electron chi connectivity index (χ1n) is 9.35. The molecule has 6 heteroatoms. The van der Waals surface area contributed by atoms with Crippen molar-refractivity contribution < 1.29 is 4.79 Å². The van der Waals surface area contributed by atoms with Crippen molar-refractivity contribution in [3.05, 3.63) is 52.3 Å². The van der Waals surface area contributed by atoms with E-state index in [1.165, 1.54) is 30.2 Å². The number of likely N-dealkylation sites (tertiary alicyclic amines) is 1. The first kappa shape index (κ1) is 17.6. The van der Waals surface area contributed by atoms with Gasteiger partial charge in [0.1, 0.15) is 5.69 Å². The number of aryl methyl sites for hydroxylation is 1. The van der Waals surface area contributed by atoms with Gasteiger partial charge in [-0.2, -0.15) is 5.10 Å². The third-order valence-corrected chi connectivity index (χ3v) is 6.07. The first-order valence-corrected chi connectivity index (χ1v) is 9.73. The van der Waals surface area contributed by atoms with Crippen LogP contribution in [-0.2, 0) is 5.41 Å². The van der Waals surface area contributed by atoms with E-state index in [1.54, 1.807) is 0 Å². The molecule has 0 bridgehead atoms. The zero-order valence-electron chi connectivity index (χ0n) is 15.1. The number of amides is 1. The number of piperidine rings is 1. The van der Waals surface area contributed by atoms with E-state index < -0.39 is 0 Å². The number of carbonyl (C=O) groups is 1. The average molecular weight is 373 g/mol. The predicted molar refractivity (Wildman–Crippen MR) is 103 cm³/mol. The van der Waals surface area contributed by atoms with Crippen LogP contribution in [0.3, 0.4) is 0 Å². The van der Waals surface area contributed by atoms with Gasteiger partial charge in [-0.3, -0.25) is 9.89 Å². The number of hydrogen-bond donors (Lipinski definition) is 2. The molecule has 1 aliphatic heterocycles. The van der Waals surface area contributed by atoms with E-state index in [9.17, 15) is 4.79 Å². The molecule has 1 saturated heterocycles. The van der Waals surface area contributed by atoms with Crippen molar-refractivity contribution >= 4 is 17.5 Å². The maximum Gasteiger partial charge on any atom is 0.271 e. The first-order chi connectivity index (χ1) is 12.6. The highest BCUT2D eigenvalue weighted by Crippen LogP contribution is 2.49. The lowest BCUT2D eigenvalue weighted by Crippen LogP contribution is -2.46. The van der Waals surface area contributed by atoms with E-state index in [0.29, 0.717) is 16.1 Å². The number of halogens is 1. The van der Waals surface area contributed by atoms with E-state index >= 15 is 0 Å². The van der Waals surface area contributed by atoms with Crippen LogP contribution in [0, 0.1) is 6.92 Å². The minimum atomic E-state index is -0.163. The molecule has 2 N–H and O–H groups in total. The van der Waals surface area contributed by atoms with Crippen LogP contribution in [0.25, 0.3) is 0 Å². The lowest BCUT2D eigenvalue weighted by Gasteiger charge is -2.35. The van der Waals surface area contributed by atoms with Gasteiger partial charge in [-0.25, -0.2) is 0 Å². The van der Waals surface area contributed by atoms with Crippen LogP contribution in [0.1, 0.15) is 47.3 Å². The standard InChI is InChI=1S/C20H25ClN4O/c1-14-2-4-15(5-3-14)20(8-9-20)13-25-10-6-16(7-11-25)23-19(26)18-17(21)12-22-24-18/h2-5,12,16H,6-11,13H2,1H3,(H,22,24)(H,23,26). The number of H-pyrrole nitrogens is 1. The molecule has 0 atom stereocenters. The number of aromatic amines is 1. The number of nitrogens with zero attached hydrogens (tertiary/aromatic N) is 2. The molecule has 1 saturated carbocycles. The lowest BCUT2D eigenvalue weighted by atomic mass is 9.93. The summed E-state index contributed by atoms with van der Waals surface area (Å²) in [6, 6.07) is 9.23. The third kappa shape index (κ3) is 3.64. The van der Waals surface area contributed by atoms with Gasteiger partial charge < -0.3 is 10.2 Å². The summed E-state index contributed by atoms with van der Waals surface area (Å²) >= 11 is 5.96. The average Bonchev–Trinajstić information content (AvgIpc) is 3.28. The second-order valence-corrected chi connectivity index (χ2v) is 8.17. The van der Waals surface area contributed by atoms with Gasteiger partial charge in [-0.15, -0.1) is 0 Å². The highest BCUT2D eigenvalue weighted by atomic mass is 35.5. The smallest absolute Gasteiger partial charge is 0.271 e. The van der Waals surface area contributed by atoms with Crippen LogP contribution in [0.5, 0.6) is 0 Å². The van der Waals surface area contributed by atoms with Crippen LogP contribution < -0.4 is 5.32 Å². The van der Waals surface area contributed by atoms with Crippen molar-refractivity contribution in [3.8, 4) is 0 Å². The van der Waals surface area contributed by atoms with E-state index in [0.717, 1.165) is 32.5 Å². The summed E-state index contributed by atoms with van der Waals surface area (Å²) < 4.78 is 0. The van der Waals surface area contributed by atoms with Crippen molar-refractivity contribution in [1.82, 2.24) is 20.4 Å². The minimum absolute atomic E-state index is 0.163. The third-order valence-electron chi connectivity index (χ3n) is 5.79. The van der Waals surface area contributed by atoms with E-state index in [2.05, 4.69) is 51.6 Å². The van der Waals surface area contributed by atoms with Crippen LogP contribution in [0.15, 0.2) is 30.5 Å². The molecule has 0 radical (unpaired) electrons. The Morgan fingerprint density at radius 1 is 1.31 bits per heavy atom. The van der Waals surface area contributed by atoms with Crippen molar-refractivity contribution in [2.24, 2.45) is 0 Å². The van der Waals surface area contributed by atoms with E-state index in [-0.39, 0.29) is 11.9 Å². The van der Waals surface area contributed by atoms with Gasteiger partial charge in [0.25, 0.3) is 5.91 Å². The normalized spacial score (nSPS) is 20.1. The summed E-state index contributed by atoms with van der Waals surface area (Å²) in [5.41, 5.74) is 3.50. The lowest BCUT2D eigenvalue weighted by molar-refractivity contribution is 0.0903. The summed E-state index contributed by atoms with van der Waals surface area (Å²) in [6.45, 7) is 5.31. The highest BCUT2D eigenvalue weighted by Gasteiger charge is 2.45. The number of aromatic nitrogens is 2. The molecule has 2 aliphatic rings. The zero-order chi connectivity index (χ0) is 18.1. The summed E-state index contributed by atoms with van der Waals surface area (Å²) in [5.74, 6) is -0.163. The molecule has 1 amide bonds. The van der Waals surface area contributed by atoms with Gasteiger partial charge in [0, 0.05) is 31.1 Å². The fourth-order valence-corrected chi connectivity index (χ4v) is 4.12. The molecular formula is C20H25ClN4O. The fourth-order valence-electron chi connectivity index (χ4n) is 3.95. The molecular weight excluding hydrogens is 348 g/mol. The van der Waals surface area contributed by atoms with Crippen LogP contribution in [0.2, 0.25) is 5.02 Å². The minimum Gasteiger partial charge on any atom is -0.348 e. The Bertz CT molecular complexity index is 773. The fraction of sp³-hybridized carbons (Fsp3) is 0.500. The second-order valence-electron chi connectivity index (χ2n) is 7.76.